The number of rotatable bonds is 3. The highest BCUT2D eigenvalue weighted by Crippen LogP contribution is 2.33. The van der Waals surface area contributed by atoms with Gasteiger partial charge in [0.15, 0.2) is 0 Å². The number of aromatic amines is 1. The molecular weight excluding hydrogens is 324 g/mol. The zero-order valence-electron chi connectivity index (χ0n) is 11.6. The number of aromatic nitrogens is 1. The molecule has 1 aromatic heterocycles. The molecule has 0 aliphatic rings. The summed E-state index contributed by atoms with van der Waals surface area (Å²) in [5, 5.41) is 33.1. The second kappa shape index (κ2) is 5.08. The fourth-order valence-corrected chi connectivity index (χ4v) is 2.45. The summed E-state index contributed by atoms with van der Waals surface area (Å²) < 4.78 is 0. The summed E-state index contributed by atoms with van der Waals surface area (Å²) in [4.78, 5) is 45.0. The van der Waals surface area contributed by atoms with Crippen LogP contribution >= 0.6 is 0 Å². The van der Waals surface area contributed by atoms with Crippen LogP contribution in [0.1, 0.15) is 0 Å². The van der Waals surface area contributed by atoms with Gasteiger partial charge in [-0.05, 0) is 11.5 Å². The van der Waals surface area contributed by atoms with Crippen LogP contribution in [0.25, 0.3) is 21.7 Å². The van der Waals surface area contributed by atoms with Crippen molar-refractivity contribution in [3.05, 3.63) is 71.0 Å². The average Bonchev–Trinajstić information content (AvgIpc) is 2.53. The first-order valence-corrected chi connectivity index (χ1v) is 6.36. The number of hydrogen-bond donors (Lipinski definition) is 1. The maximum atomic E-state index is 12.1. The molecule has 0 amide bonds. The van der Waals surface area contributed by atoms with Gasteiger partial charge >= 0.3 is 0 Å². The second-order valence-electron chi connectivity index (χ2n) is 4.84. The second-order valence-corrected chi connectivity index (χ2v) is 4.84. The molecule has 3 aromatic rings. The predicted molar refractivity (Wildman–Crippen MR) is 82.0 cm³/mol. The van der Waals surface area contributed by atoms with Gasteiger partial charge in [-0.15, -0.1) is 0 Å². The Morgan fingerprint density at radius 2 is 1.38 bits per heavy atom. The summed E-state index contributed by atoms with van der Waals surface area (Å²) in [5.41, 5.74) is -2.44. The first kappa shape index (κ1) is 15.0. The fourth-order valence-electron chi connectivity index (χ4n) is 2.45. The minimum atomic E-state index is -0.845. The van der Waals surface area contributed by atoms with Gasteiger partial charge in [0.05, 0.1) is 26.2 Å². The molecule has 0 radical (unpaired) electrons. The van der Waals surface area contributed by atoms with Crippen molar-refractivity contribution < 1.29 is 14.8 Å². The summed E-state index contributed by atoms with van der Waals surface area (Å²) in [6.45, 7) is 0. The Balaban J connectivity index is 2.54. The third kappa shape index (κ3) is 2.20. The summed E-state index contributed by atoms with van der Waals surface area (Å²) >= 11 is 0. The van der Waals surface area contributed by atoms with E-state index in [0.717, 1.165) is 24.3 Å². The van der Waals surface area contributed by atoms with Gasteiger partial charge in [-0.1, -0.05) is 0 Å². The molecule has 0 saturated heterocycles. The quantitative estimate of drug-likeness (QED) is 0.437. The zero-order valence-corrected chi connectivity index (χ0v) is 11.6. The molecule has 0 atom stereocenters. The van der Waals surface area contributed by atoms with E-state index in [1.165, 1.54) is 6.07 Å². The van der Waals surface area contributed by atoms with Gasteiger partial charge in [0.25, 0.3) is 22.6 Å². The van der Waals surface area contributed by atoms with Crippen LogP contribution in [-0.4, -0.2) is 19.8 Å². The number of H-pyrrole nitrogens is 1. The molecule has 0 aliphatic carbocycles. The van der Waals surface area contributed by atoms with Crippen LogP contribution < -0.4 is 5.56 Å². The first-order chi connectivity index (χ1) is 11.3. The van der Waals surface area contributed by atoms with Crippen LogP contribution in [0.5, 0.6) is 0 Å². The Morgan fingerprint density at radius 3 is 1.96 bits per heavy atom. The van der Waals surface area contributed by atoms with Crippen molar-refractivity contribution in [1.82, 2.24) is 4.98 Å². The number of nitrogens with one attached hydrogen (secondary N) is 1. The SMILES string of the molecule is O=c1[nH]c2c([N+](=O)[O-])cc([N+](=O)[O-])cc2c2ccc([N+](=O)[O-])cc12. The van der Waals surface area contributed by atoms with Crippen LogP contribution in [0.15, 0.2) is 35.1 Å². The summed E-state index contributed by atoms with van der Waals surface area (Å²) in [6.07, 6.45) is 0. The number of nitro benzene ring substituents is 3. The van der Waals surface area contributed by atoms with E-state index in [1.807, 2.05) is 0 Å². The monoisotopic (exact) mass is 330 g/mol. The molecule has 0 fully saturated rings. The topological polar surface area (TPSA) is 162 Å². The molecule has 0 bridgehead atoms. The van der Waals surface area contributed by atoms with E-state index in [1.54, 1.807) is 0 Å². The first-order valence-electron chi connectivity index (χ1n) is 6.36. The lowest BCUT2D eigenvalue weighted by molar-refractivity contribution is -0.393. The number of hydrogen-bond acceptors (Lipinski definition) is 7. The van der Waals surface area contributed by atoms with Gasteiger partial charge in [-0.2, -0.15) is 0 Å². The minimum Gasteiger partial charge on any atom is -0.316 e. The minimum absolute atomic E-state index is 0.0559. The molecule has 0 spiro atoms. The largest absolute Gasteiger partial charge is 0.316 e. The average molecular weight is 330 g/mol. The van der Waals surface area contributed by atoms with E-state index < -0.39 is 31.7 Å². The summed E-state index contributed by atoms with van der Waals surface area (Å²) in [7, 11) is 0. The van der Waals surface area contributed by atoms with Crippen molar-refractivity contribution in [1.29, 1.82) is 0 Å². The lowest BCUT2D eigenvalue weighted by Crippen LogP contribution is -2.08. The van der Waals surface area contributed by atoms with E-state index in [4.69, 9.17) is 0 Å². The lowest BCUT2D eigenvalue weighted by atomic mass is 10.0. The van der Waals surface area contributed by atoms with Gasteiger partial charge < -0.3 is 4.98 Å². The van der Waals surface area contributed by atoms with Crippen molar-refractivity contribution in [3.63, 3.8) is 0 Å². The highest BCUT2D eigenvalue weighted by Gasteiger charge is 2.22. The van der Waals surface area contributed by atoms with Gasteiger partial charge in [-0.3, -0.25) is 35.1 Å². The molecular formula is C13H6N4O7. The Kier molecular flexibility index (Phi) is 3.18. The number of non-ortho nitro benzene ring substituents is 3. The molecule has 0 aliphatic heterocycles. The van der Waals surface area contributed by atoms with Crippen molar-refractivity contribution in [2.75, 3.05) is 0 Å². The van der Waals surface area contributed by atoms with Crippen LogP contribution in [0, 0.1) is 30.3 Å². The van der Waals surface area contributed by atoms with E-state index >= 15 is 0 Å². The number of nitrogens with zero attached hydrogens (tertiary/aromatic N) is 3. The molecule has 3 rings (SSSR count). The lowest BCUT2D eigenvalue weighted by Gasteiger charge is -2.04. The molecule has 24 heavy (non-hydrogen) atoms. The number of benzene rings is 2. The summed E-state index contributed by atoms with van der Waals surface area (Å²) in [5.74, 6) is 0. The van der Waals surface area contributed by atoms with Crippen LogP contribution in [0.4, 0.5) is 17.1 Å². The Bertz CT molecular complexity index is 1120. The third-order valence-electron chi connectivity index (χ3n) is 3.50. The van der Waals surface area contributed by atoms with Gasteiger partial charge in [-0.25, -0.2) is 0 Å². The van der Waals surface area contributed by atoms with Crippen molar-refractivity contribution in [2.24, 2.45) is 0 Å². The van der Waals surface area contributed by atoms with Gasteiger partial charge in [0, 0.05) is 23.6 Å². The van der Waals surface area contributed by atoms with Gasteiger partial charge in [0.2, 0.25) is 0 Å². The fraction of sp³-hybridized carbons (Fsp3) is 0. The predicted octanol–water partition coefficient (Wildman–Crippen LogP) is 2.41. The molecule has 2 aromatic carbocycles. The van der Waals surface area contributed by atoms with E-state index in [9.17, 15) is 35.1 Å². The van der Waals surface area contributed by atoms with E-state index in [-0.39, 0.29) is 27.4 Å². The van der Waals surface area contributed by atoms with Crippen LogP contribution in [0.2, 0.25) is 0 Å². The summed E-state index contributed by atoms with van der Waals surface area (Å²) in [6, 6.07) is 5.19. The zero-order chi connectivity index (χ0) is 17.6. The van der Waals surface area contributed by atoms with Crippen LogP contribution in [0.3, 0.4) is 0 Å². The molecule has 0 unspecified atom stereocenters. The van der Waals surface area contributed by atoms with Crippen molar-refractivity contribution in [3.8, 4) is 0 Å². The number of pyridine rings is 1. The molecule has 11 nitrogen and oxygen atoms in total. The highest BCUT2D eigenvalue weighted by molar-refractivity contribution is 6.09. The molecule has 11 heteroatoms. The number of nitro groups is 3. The van der Waals surface area contributed by atoms with Crippen LogP contribution in [-0.2, 0) is 0 Å². The maximum absolute atomic E-state index is 12.1. The Labute approximate surface area is 130 Å². The van der Waals surface area contributed by atoms with Gasteiger partial charge in [0.1, 0.15) is 5.52 Å². The van der Waals surface area contributed by atoms with Crippen molar-refractivity contribution >= 4 is 38.7 Å². The Morgan fingerprint density at radius 1 is 0.750 bits per heavy atom. The standard InChI is InChI=1S/C13H6N4O7/c18-13-10-3-6(15(19)20)1-2-8(10)9-4-7(16(21)22)5-11(17(23)24)12(9)14-13/h1-5H,(H,14,18). The molecule has 120 valence electrons. The maximum Gasteiger partial charge on any atom is 0.300 e. The molecule has 1 N–H and O–H groups in total. The third-order valence-corrected chi connectivity index (χ3v) is 3.50. The molecule has 0 saturated carbocycles. The van der Waals surface area contributed by atoms with E-state index in [0.29, 0.717) is 0 Å². The number of fused-ring (bicyclic) bond motifs is 3. The highest BCUT2D eigenvalue weighted by atomic mass is 16.6. The normalized spacial score (nSPS) is 10.8. The van der Waals surface area contributed by atoms with E-state index in [2.05, 4.69) is 4.98 Å². The Hall–Kier alpha value is -3.89. The smallest absolute Gasteiger partial charge is 0.300 e. The molecule has 1 heterocycles. The van der Waals surface area contributed by atoms with Crippen molar-refractivity contribution in [2.45, 2.75) is 0 Å².